The molecule has 108 valence electrons. The molecule has 3 atom stereocenters. The monoisotopic (exact) mass is 276 g/mol. The molecule has 0 aliphatic carbocycles. The van der Waals surface area contributed by atoms with Crippen LogP contribution >= 0.6 is 0 Å². The van der Waals surface area contributed by atoms with Gasteiger partial charge in [0.05, 0.1) is 13.2 Å². The van der Waals surface area contributed by atoms with Gasteiger partial charge in [-0.1, -0.05) is 44.2 Å². The van der Waals surface area contributed by atoms with Crippen LogP contribution in [0.5, 0.6) is 0 Å². The van der Waals surface area contributed by atoms with E-state index in [-0.39, 0.29) is 24.2 Å². The van der Waals surface area contributed by atoms with Crippen molar-refractivity contribution in [3.05, 3.63) is 35.9 Å². The van der Waals surface area contributed by atoms with Crippen molar-refractivity contribution in [1.29, 1.82) is 0 Å². The lowest BCUT2D eigenvalue weighted by molar-refractivity contribution is -0.170. The lowest BCUT2D eigenvalue weighted by Gasteiger charge is -2.36. The summed E-state index contributed by atoms with van der Waals surface area (Å²) in [4.78, 5) is 24.2. The van der Waals surface area contributed by atoms with Gasteiger partial charge in [-0.3, -0.25) is 9.59 Å². The molecule has 1 aromatic rings. The van der Waals surface area contributed by atoms with Crippen LogP contribution in [-0.4, -0.2) is 25.0 Å². The summed E-state index contributed by atoms with van der Waals surface area (Å²) in [6, 6.07) is 9.38. The first-order chi connectivity index (χ1) is 9.54. The van der Waals surface area contributed by atoms with E-state index in [4.69, 9.17) is 9.47 Å². The molecule has 1 aliphatic heterocycles. The number of benzene rings is 1. The standard InChI is InChI=1S/C16H20O4/c1-10(2)13-9-12(17)14(16(18)19-3)15(20-13)11-7-5-4-6-8-11/h4-8,10,13-15H,9H2,1-3H3/t13-,14+,15-/m0/s1. The molecule has 2 rings (SSSR count). The average molecular weight is 276 g/mol. The fraction of sp³-hybridized carbons (Fsp3) is 0.500. The zero-order valence-electron chi connectivity index (χ0n) is 12.0. The second kappa shape index (κ2) is 6.18. The topological polar surface area (TPSA) is 52.6 Å². The zero-order chi connectivity index (χ0) is 14.7. The maximum atomic E-state index is 12.3. The van der Waals surface area contributed by atoms with Crippen molar-refractivity contribution in [1.82, 2.24) is 0 Å². The molecule has 4 nitrogen and oxygen atoms in total. The van der Waals surface area contributed by atoms with Crippen LogP contribution in [-0.2, 0) is 19.1 Å². The van der Waals surface area contributed by atoms with Crippen molar-refractivity contribution < 1.29 is 19.1 Å². The Labute approximate surface area is 119 Å². The van der Waals surface area contributed by atoms with E-state index in [1.54, 1.807) is 0 Å². The molecule has 0 saturated carbocycles. The first-order valence-corrected chi connectivity index (χ1v) is 6.85. The maximum absolute atomic E-state index is 12.3. The van der Waals surface area contributed by atoms with Gasteiger partial charge in [-0.25, -0.2) is 0 Å². The lowest BCUT2D eigenvalue weighted by atomic mass is 9.84. The largest absolute Gasteiger partial charge is 0.468 e. The number of hydrogen-bond donors (Lipinski definition) is 0. The van der Waals surface area contributed by atoms with Gasteiger partial charge < -0.3 is 9.47 Å². The van der Waals surface area contributed by atoms with Gasteiger partial charge in [-0.05, 0) is 11.5 Å². The quantitative estimate of drug-likeness (QED) is 0.629. The Bertz CT molecular complexity index is 481. The third-order valence-electron chi connectivity index (χ3n) is 3.70. The number of ketones is 1. The van der Waals surface area contributed by atoms with Crippen molar-refractivity contribution in [3.8, 4) is 0 Å². The number of carbonyl (C=O) groups excluding carboxylic acids is 2. The highest BCUT2D eigenvalue weighted by Crippen LogP contribution is 2.37. The molecule has 0 radical (unpaired) electrons. The van der Waals surface area contributed by atoms with E-state index in [0.29, 0.717) is 0 Å². The van der Waals surface area contributed by atoms with Crippen LogP contribution in [0.4, 0.5) is 0 Å². The minimum absolute atomic E-state index is 0.101. The fourth-order valence-corrected chi connectivity index (χ4v) is 2.50. The van der Waals surface area contributed by atoms with Crippen LogP contribution in [0.1, 0.15) is 31.9 Å². The first kappa shape index (κ1) is 14.7. The van der Waals surface area contributed by atoms with Gasteiger partial charge in [0.25, 0.3) is 0 Å². The third kappa shape index (κ3) is 2.90. The Morgan fingerprint density at radius 3 is 2.50 bits per heavy atom. The Morgan fingerprint density at radius 2 is 1.95 bits per heavy atom. The van der Waals surface area contributed by atoms with Gasteiger partial charge in [0.2, 0.25) is 0 Å². The Morgan fingerprint density at radius 1 is 1.30 bits per heavy atom. The summed E-state index contributed by atoms with van der Waals surface area (Å²) in [6.45, 7) is 4.02. The highest BCUT2D eigenvalue weighted by atomic mass is 16.5. The molecule has 1 heterocycles. The minimum atomic E-state index is -0.864. The predicted molar refractivity (Wildman–Crippen MR) is 74.0 cm³/mol. The molecule has 1 saturated heterocycles. The van der Waals surface area contributed by atoms with Crippen molar-refractivity contribution in [2.45, 2.75) is 32.5 Å². The molecule has 1 aromatic carbocycles. The summed E-state index contributed by atoms with van der Waals surface area (Å²) in [6.07, 6.45) is -0.452. The van der Waals surface area contributed by atoms with Crippen LogP contribution in [0.3, 0.4) is 0 Å². The molecular formula is C16H20O4. The number of methoxy groups -OCH3 is 1. The van der Waals surface area contributed by atoms with Crippen molar-refractivity contribution in [2.24, 2.45) is 11.8 Å². The number of ether oxygens (including phenoxy) is 2. The van der Waals surface area contributed by atoms with E-state index in [0.717, 1.165) is 5.56 Å². The number of hydrogen-bond acceptors (Lipinski definition) is 4. The predicted octanol–water partition coefficient (Wildman–Crippen LogP) is 2.53. The van der Waals surface area contributed by atoms with Crippen molar-refractivity contribution in [2.75, 3.05) is 7.11 Å². The average Bonchev–Trinajstić information content (AvgIpc) is 2.46. The second-order valence-corrected chi connectivity index (χ2v) is 5.42. The summed E-state index contributed by atoms with van der Waals surface area (Å²) < 4.78 is 10.8. The minimum Gasteiger partial charge on any atom is -0.468 e. The zero-order valence-corrected chi connectivity index (χ0v) is 12.0. The summed E-state index contributed by atoms with van der Waals surface area (Å²) in [5.41, 5.74) is 0.835. The summed E-state index contributed by atoms with van der Waals surface area (Å²) >= 11 is 0. The summed E-state index contributed by atoms with van der Waals surface area (Å²) in [5.74, 6) is -1.26. The van der Waals surface area contributed by atoms with Crippen molar-refractivity contribution >= 4 is 11.8 Å². The molecule has 1 fully saturated rings. The van der Waals surface area contributed by atoms with Gasteiger partial charge in [0.1, 0.15) is 12.0 Å². The van der Waals surface area contributed by atoms with Crippen LogP contribution < -0.4 is 0 Å². The van der Waals surface area contributed by atoms with Gasteiger partial charge in [0, 0.05) is 6.42 Å². The molecule has 0 unspecified atom stereocenters. The number of rotatable bonds is 3. The lowest BCUT2D eigenvalue weighted by Crippen LogP contribution is -2.43. The summed E-state index contributed by atoms with van der Waals surface area (Å²) in [5, 5.41) is 0. The second-order valence-electron chi connectivity index (χ2n) is 5.42. The first-order valence-electron chi connectivity index (χ1n) is 6.85. The van der Waals surface area contributed by atoms with E-state index in [2.05, 4.69) is 0 Å². The highest BCUT2D eigenvalue weighted by molar-refractivity contribution is 6.00. The van der Waals surface area contributed by atoms with E-state index in [9.17, 15) is 9.59 Å². The molecule has 0 amide bonds. The van der Waals surface area contributed by atoms with Crippen molar-refractivity contribution in [3.63, 3.8) is 0 Å². The molecule has 0 aromatic heterocycles. The fourth-order valence-electron chi connectivity index (χ4n) is 2.50. The van der Waals surface area contributed by atoms with E-state index < -0.39 is 18.0 Å². The number of carbonyl (C=O) groups is 2. The summed E-state index contributed by atoms with van der Waals surface area (Å²) in [7, 11) is 1.30. The molecule has 20 heavy (non-hydrogen) atoms. The normalized spacial score (nSPS) is 26.6. The third-order valence-corrected chi connectivity index (χ3v) is 3.70. The maximum Gasteiger partial charge on any atom is 0.319 e. The van der Waals surface area contributed by atoms with Gasteiger partial charge >= 0.3 is 5.97 Å². The molecular weight excluding hydrogens is 256 g/mol. The van der Waals surface area contributed by atoms with Gasteiger partial charge in [-0.2, -0.15) is 0 Å². The molecule has 4 heteroatoms. The Hall–Kier alpha value is -1.68. The van der Waals surface area contributed by atoms with E-state index in [1.807, 2.05) is 44.2 Å². The number of Topliss-reactive ketones (excluding diaryl/α,β-unsaturated/α-hetero) is 1. The van der Waals surface area contributed by atoms with Gasteiger partial charge in [0.15, 0.2) is 5.78 Å². The molecule has 0 bridgehead atoms. The molecule has 0 N–H and O–H groups in total. The number of esters is 1. The Balaban J connectivity index is 2.34. The van der Waals surface area contributed by atoms with E-state index in [1.165, 1.54) is 7.11 Å². The molecule has 1 aliphatic rings. The van der Waals surface area contributed by atoms with E-state index >= 15 is 0 Å². The van der Waals surface area contributed by atoms with Crippen LogP contribution in [0, 0.1) is 11.8 Å². The Kier molecular flexibility index (Phi) is 4.55. The smallest absolute Gasteiger partial charge is 0.319 e. The highest BCUT2D eigenvalue weighted by Gasteiger charge is 2.44. The van der Waals surface area contributed by atoms with Crippen LogP contribution in [0.2, 0.25) is 0 Å². The van der Waals surface area contributed by atoms with Crippen LogP contribution in [0.25, 0.3) is 0 Å². The van der Waals surface area contributed by atoms with Gasteiger partial charge in [-0.15, -0.1) is 0 Å². The molecule has 0 spiro atoms. The van der Waals surface area contributed by atoms with Crippen LogP contribution in [0.15, 0.2) is 30.3 Å². The SMILES string of the molecule is COC(=O)[C@@H]1C(=O)C[C@@H](C(C)C)O[C@H]1c1ccccc1.